The zero-order valence-electron chi connectivity index (χ0n) is 11.9. The summed E-state index contributed by atoms with van der Waals surface area (Å²) in [7, 11) is 0. The van der Waals surface area contributed by atoms with Gasteiger partial charge in [-0.25, -0.2) is 0 Å². The van der Waals surface area contributed by atoms with Gasteiger partial charge in [0.05, 0.1) is 17.7 Å². The van der Waals surface area contributed by atoms with E-state index in [9.17, 15) is 9.90 Å². The number of benzene rings is 1. The Hall–Kier alpha value is -1.46. The Balaban J connectivity index is 1.97. The molecule has 0 radical (unpaired) electrons. The molecule has 5 nitrogen and oxygen atoms in total. The molecule has 0 aliphatic carbocycles. The van der Waals surface area contributed by atoms with Crippen LogP contribution in [-0.4, -0.2) is 30.9 Å². The van der Waals surface area contributed by atoms with E-state index in [0.29, 0.717) is 41.9 Å². The molecule has 1 aromatic rings. The lowest BCUT2D eigenvalue weighted by atomic mass is 10.0. The Labute approximate surface area is 128 Å². The normalized spacial score (nSPS) is 14.6. The lowest BCUT2D eigenvalue weighted by molar-refractivity contribution is -0.144. The predicted octanol–water partition coefficient (Wildman–Crippen LogP) is 2.88. The molecule has 2 rings (SSSR count). The van der Waals surface area contributed by atoms with Gasteiger partial charge in [-0.3, -0.25) is 4.79 Å². The van der Waals surface area contributed by atoms with Crippen molar-refractivity contribution in [3.05, 3.63) is 22.7 Å². The smallest absolute Gasteiger partial charge is 0.305 e. The van der Waals surface area contributed by atoms with Gasteiger partial charge in [-0.15, -0.1) is 0 Å². The van der Waals surface area contributed by atoms with Crippen LogP contribution in [0.25, 0.3) is 0 Å². The molecule has 1 aliphatic heterocycles. The molecule has 0 amide bonds. The van der Waals surface area contributed by atoms with E-state index in [-0.39, 0.29) is 18.8 Å². The molecular formula is C15H19ClO5. The number of aliphatic hydroxyl groups is 1. The Morgan fingerprint density at radius 1 is 1.43 bits per heavy atom. The first-order valence-corrected chi connectivity index (χ1v) is 7.42. The third-order valence-corrected chi connectivity index (χ3v) is 3.37. The highest BCUT2D eigenvalue weighted by molar-refractivity contribution is 6.32. The van der Waals surface area contributed by atoms with E-state index in [1.54, 1.807) is 12.1 Å². The van der Waals surface area contributed by atoms with Gasteiger partial charge in [0.1, 0.15) is 13.2 Å². The molecule has 1 heterocycles. The Bertz CT molecular complexity index is 503. The van der Waals surface area contributed by atoms with Crippen molar-refractivity contribution in [2.75, 3.05) is 19.8 Å². The van der Waals surface area contributed by atoms with E-state index in [1.165, 1.54) is 0 Å². The lowest BCUT2D eigenvalue weighted by Gasteiger charge is -2.21. The van der Waals surface area contributed by atoms with Crippen molar-refractivity contribution < 1.29 is 24.1 Å². The molecule has 1 N–H and O–H groups in total. The monoisotopic (exact) mass is 314 g/mol. The Kier molecular flexibility index (Phi) is 5.70. The number of carbonyl (C=O) groups is 1. The number of esters is 1. The van der Waals surface area contributed by atoms with Crippen LogP contribution in [0, 0.1) is 0 Å². The fraction of sp³-hybridized carbons (Fsp3) is 0.533. The number of rotatable bonds is 6. The van der Waals surface area contributed by atoms with Gasteiger partial charge in [-0.05, 0) is 30.5 Å². The summed E-state index contributed by atoms with van der Waals surface area (Å²) in [6.07, 6.45) is 0.421. The molecule has 0 aromatic heterocycles. The first-order valence-electron chi connectivity index (χ1n) is 7.04. The first-order chi connectivity index (χ1) is 10.1. The summed E-state index contributed by atoms with van der Waals surface area (Å²) in [5, 5.41) is 10.6. The summed E-state index contributed by atoms with van der Waals surface area (Å²) < 4.78 is 15.9. The van der Waals surface area contributed by atoms with Crippen LogP contribution < -0.4 is 9.47 Å². The number of hydrogen-bond donors (Lipinski definition) is 1. The van der Waals surface area contributed by atoms with Crippen LogP contribution in [0.1, 0.15) is 37.9 Å². The number of ether oxygens (including phenoxy) is 3. The summed E-state index contributed by atoms with van der Waals surface area (Å²) >= 11 is 6.11. The Morgan fingerprint density at radius 3 is 2.95 bits per heavy atom. The van der Waals surface area contributed by atoms with Gasteiger partial charge in [-0.1, -0.05) is 18.5 Å². The standard InChI is InChI=1S/C15H19ClO5/c1-2-5-20-14(18)4-3-12(17)10-8-11(16)15-13(9-10)19-6-7-21-15/h8-9,12,17H,2-7H2,1H3. The number of aliphatic hydroxyl groups excluding tert-OH is 1. The third-order valence-electron chi connectivity index (χ3n) is 3.09. The van der Waals surface area contributed by atoms with Gasteiger partial charge in [0.25, 0.3) is 0 Å². The molecule has 0 spiro atoms. The zero-order chi connectivity index (χ0) is 15.2. The summed E-state index contributed by atoms with van der Waals surface area (Å²) in [5.41, 5.74) is 0.604. The highest BCUT2D eigenvalue weighted by atomic mass is 35.5. The maximum Gasteiger partial charge on any atom is 0.305 e. The van der Waals surface area contributed by atoms with Gasteiger partial charge in [0.15, 0.2) is 11.5 Å². The Morgan fingerprint density at radius 2 is 2.19 bits per heavy atom. The van der Waals surface area contributed by atoms with Crippen molar-refractivity contribution in [3.63, 3.8) is 0 Å². The summed E-state index contributed by atoms with van der Waals surface area (Å²) in [5.74, 6) is 0.720. The quantitative estimate of drug-likeness (QED) is 0.818. The predicted molar refractivity (Wildman–Crippen MR) is 77.9 cm³/mol. The van der Waals surface area contributed by atoms with E-state index in [2.05, 4.69) is 0 Å². The second kappa shape index (κ2) is 7.52. The number of halogens is 1. The van der Waals surface area contributed by atoms with Crippen LogP contribution in [0.4, 0.5) is 0 Å². The fourth-order valence-corrected chi connectivity index (χ4v) is 2.31. The zero-order valence-corrected chi connectivity index (χ0v) is 12.7. The maximum atomic E-state index is 11.4. The van der Waals surface area contributed by atoms with Crippen LogP contribution in [0.15, 0.2) is 12.1 Å². The minimum atomic E-state index is -0.799. The molecule has 1 unspecified atom stereocenters. The number of carbonyl (C=O) groups excluding carboxylic acids is 1. The average molecular weight is 315 g/mol. The molecule has 21 heavy (non-hydrogen) atoms. The highest BCUT2D eigenvalue weighted by Gasteiger charge is 2.20. The largest absolute Gasteiger partial charge is 0.486 e. The summed E-state index contributed by atoms with van der Waals surface area (Å²) in [6.45, 7) is 3.24. The molecule has 1 atom stereocenters. The van der Waals surface area contributed by atoms with E-state index in [0.717, 1.165) is 6.42 Å². The van der Waals surface area contributed by atoms with E-state index in [4.69, 9.17) is 25.8 Å². The van der Waals surface area contributed by atoms with Gasteiger partial charge in [0, 0.05) is 6.42 Å². The molecule has 0 bridgehead atoms. The highest BCUT2D eigenvalue weighted by Crippen LogP contribution is 2.40. The van der Waals surface area contributed by atoms with Crippen molar-refractivity contribution in [2.24, 2.45) is 0 Å². The van der Waals surface area contributed by atoms with Crippen LogP contribution in [-0.2, 0) is 9.53 Å². The van der Waals surface area contributed by atoms with Crippen molar-refractivity contribution in [1.82, 2.24) is 0 Å². The lowest BCUT2D eigenvalue weighted by Crippen LogP contribution is -2.16. The number of hydrogen-bond acceptors (Lipinski definition) is 5. The molecule has 1 aromatic carbocycles. The summed E-state index contributed by atoms with van der Waals surface area (Å²) in [4.78, 5) is 11.4. The van der Waals surface area contributed by atoms with Crippen molar-refractivity contribution >= 4 is 17.6 Å². The fourth-order valence-electron chi connectivity index (χ4n) is 2.03. The number of fused-ring (bicyclic) bond motifs is 1. The second-order valence-electron chi connectivity index (χ2n) is 4.80. The topological polar surface area (TPSA) is 65.0 Å². The molecular weight excluding hydrogens is 296 g/mol. The minimum absolute atomic E-state index is 0.160. The molecule has 116 valence electrons. The summed E-state index contributed by atoms with van der Waals surface area (Å²) in [6, 6.07) is 3.33. The SMILES string of the molecule is CCCOC(=O)CCC(O)c1cc(Cl)c2c(c1)OCCO2. The molecule has 0 saturated heterocycles. The van der Waals surface area contributed by atoms with Gasteiger partial charge >= 0.3 is 5.97 Å². The van der Waals surface area contributed by atoms with E-state index >= 15 is 0 Å². The molecule has 0 fully saturated rings. The van der Waals surface area contributed by atoms with Crippen molar-refractivity contribution in [2.45, 2.75) is 32.3 Å². The van der Waals surface area contributed by atoms with Crippen LogP contribution in [0.5, 0.6) is 11.5 Å². The molecule has 1 aliphatic rings. The third kappa shape index (κ3) is 4.25. The molecule has 6 heteroatoms. The second-order valence-corrected chi connectivity index (χ2v) is 5.21. The van der Waals surface area contributed by atoms with Crippen molar-refractivity contribution in [3.8, 4) is 11.5 Å². The average Bonchev–Trinajstić information content (AvgIpc) is 2.50. The van der Waals surface area contributed by atoms with Crippen molar-refractivity contribution in [1.29, 1.82) is 0 Å². The van der Waals surface area contributed by atoms with Gasteiger partial charge in [-0.2, -0.15) is 0 Å². The van der Waals surface area contributed by atoms with E-state index in [1.807, 2.05) is 6.92 Å². The van der Waals surface area contributed by atoms with Crippen LogP contribution >= 0.6 is 11.6 Å². The van der Waals surface area contributed by atoms with Crippen LogP contribution in [0.3, 0.4) is 0 Å². The minimum Gasteiger partial charge on any atom is -0.486 e. The van der Waals surface area contributed by atoms with E-state index < -0.39 is 6.10 Å². The molecule has 0 saturated carbocycles. The maximum absolute atomic E-state index is 11.4. The van der Waals surface area contributed by atoms with Gasteiger partial charge < -0.3 is 19.3 Å². The van der Waals surface area contributed by atoms with Gasteiger partial charge in [0.2, 0.25) is 0 Å². The van der Waals surface area contributed by atoms with Crippen LogP contribution in [0.2, 0.25) is 5.02 Å². The first kappa shape index (κ1) is 15.9.